The second-order valence-corrected chi connectivity index (χ2v) is 8.52. The van der Waals surface area contributed by atoms with Crippen molar-refractivity contribution in [1.82, 2.24) is 5.32 Å². The molecule has 1 saturated heterocycles. The summed E-state index contributed by atoms with van der Waals surface area (Å²) in [7, 11) is -3.92. The number of rotatable bonds is 8. The summed E-state index contributed by atoms with van der Waals surface area (Å²) in [6.45, 7) is 0.868. The first-order valence-electron chi connectivity index (χ1n) is 8.92. The lowest BCUT2D eigenvalue weighted by Crippen LogP contribution is -2.35. The van der Waals surface area contributed by atoms with Crippen molar-refractivity contribution in [3.05, 3.63) is 53.3 Å². The van der Waals surface area contributed by atoms with Gasteiger partial charge in [0.25, 0.3) is 15.9 Å². The standard InChI is InChI=1S/C19H20ClFN2O5S/c20-17-10-16(29(25,26)23-14-5-3-13(21)4-6-14)7-8-18(17)28-12-19(24)22-11-15-2-1-9-27-15/h3-8,10,15,23H,1-2,9,11-12H2,(H,22,24)/t15-/m1/s1. The zero-order chi connectivity index (χ0) is 20.9. The molecule has 1 amide bonds. The summed E-state index contributed by atoms with van der Waals surface area (Å²) < 4.78 is 51.0. The summed E-state index contributed by atoms with van der Waals surface area (Å²) >= 11 is 6.10. The maximum absolute atomic E-state index is 13.0. The molecule has 1 aliphatic rings. The molecule has 0 aromatic heterocycles. The van der Waals surface area contributed by atoms with Gasteiger partial charge < -0.3 is 14.8 Å². The van der Waals surface area contributed by atoms with E-state index in [9.17, 15) is 17.6 Å². The summed E-state index contributed by atoms with van der Waals surface area (Å²) in [5.41, 5.74) is 0.214. The number of ether oxygens (including phenoxy) is 2. The van der Waals surface area contributed by atoms with E-state index in [1.165, 1.54) is 30.3 Å². The van der Waals surface area contributed by atoms with Crippen LogP contribution in [-0.4, -0.2) is 40.2 Å². The number of amides is 1. The molecule has 1 atom stereocenters. The number of carbonyl (C=O) groups excluding carboxylic acids is 1. The largest absolute Gasteiger partial charge is 0.482 e. The van der Waals surface area contributed by atoms with Crippen LogP contribution in [0.4, 0.5) is 10.1 Å². The highest BCUT2D eigenvalue weighted by Gasteiger charge is 2.18. The van der Waals surface area contributed by atoms with Crippen molar-refractivity contribution in [2.75, 3.05) is 24.5 Å². The number of halogens is 2. The van der Waals surface area contributed by atoms with Gasteiger partial charge in [-0.2, -0.15) is 0 Å². The molecule has 1 fully saturated rings. The molecule has 10 heteroatoms. The van der Waals surface area contributed by atoms with Crippen LogP contribution >= 0.6 is 11.6 Å². The van der Waals surface area contributed by atoms with Crippen LogP contribution in [0.15, 0.2) is 47.4 Å². The van der Waals surface area contributed by atoms with Crippen LogP contribution in [0.1, 0.15) is 12.8 Å². The first-order chi connectivity index (χ1) is 13.8. The molecule has 156 valence electrons. The number of benzene rings is 2. The Morgan fingerprint density at radius 1 is 1.24 bits per heavy atom. The Kier molecular flexibility index (Phi) is 6.94. The lowest BCUT2D eigenvalue weighted by atomic mass is 10.2. The van der Waals surface area contributed by atoms with Gasteiger partial charge in [-0.05, 0) is 55.3 Å². The Balaban J connectivity index is 1.57. The highest BCUT2D eigenvalue weighted by Crippen LogP contribution is 2.28. The van der Waals surface area contributed by atoms with Gasteiger partial charge in [0, 0.05) is 18.8 Å². The van der Waals surface area contributed by atoms with Gasteiger partial charge in [-0.15, -0.1) is 0 Å². The molecule has 1 aliphatic heterocycles. The molecular formula is C19H20ClFN2O5S. The minimum absolute atomic E-state index is 0.0284. The molecule has 2 aromatic carbocycles. The van der Waals surface area contributed by atoms with Crippen molar-refractivity contribution < 1.29 is 27.1 Å². The predicted octanol–water partition coefficient (Wildman–Crippen LogP) is 2.95. The Bertz CT molecular complexity index is 963. The molecule has 1 heterocycles. The molecular weight excluding hydrogens is 423 g/mol. The van der Waals surface area contributed by atoms with Crippen LogP contribution in [0.2, 0.25) is 5.02 Å². The van der Waals surface area contributed by atoms with Gasteiger partial charge >= 0.3 is 0 Å². The summed E-state index contributed by atoms with van der Waals surface area (Å²) in [6, 6.07) is 8.79. The first-order valence-corrected chi connectivity index (χ1v) is 10.8. The number of carbonyl (C=O) groups is 1. The second-order valence-electron chi connectivity index (χ2n) is 6.43. The molecule has 3 rings (SSSR count). The van der Waals surface area contributed by atoms with Crippen LogP contribution in [0.25, 0.3) is 0 Å². The first kappa shape index (κ1) is 21.4. The van der Waals surface area contributed by atoms with Gasteiger partial charge in [0.05, 0.1) is 16.0 Å². The number of anilines is 1. The third-order valence-corrected chi connectivity index (χ3v) is 5.89. The van der Waals surface area contributed by atoms with Crippen LogP contribution < -0.4 is 14.8 Å². The van der Waals surface area contributed by atoms with E-state index < -0.39 is 15.8 Å². The van der Waals surface area contributed by atoms with Crippen molar-refractivity contribution >= 4 is 33.2 Å². The number of hydrogen-bond acceptors (Lipinski definition) is 5. The highest BCUT2D eigenvalue weighted by atomic mass is 35.5. The fraction of sp³-hybridized carbons (Fsp3) is 0.316. The molecule has 0 spiro atoms. The lowest BCUT2D eigenvalue weighted by Gasteiger charge is -2.13. The van der Waals surface area contributed by atoms with Crippen LogP contribution in [0, 0.1) is 5.82 Å². The van der Waals surface area contributed by atoms with Crippen molar-refractivity contribution in [3.63, 3.8) is 0 Å². The average molecular weight is 443 g/mol. The number of sulfonamides is 1. The molecule has 2 aromatic rings. The lowest BCUT2D eigenvalue weighted by molar-refractivity contribution is -0.123. The molecule has 0 radical (unpaired) electrons. The molecule has 0 aliphatic carbocycles. The van der Waals surface area contributed by atoms with Gasteiger partial charge in [-0.3, -0.25) is 9.52 Å². The van der Waals surface area contributed by atoms with Gasteiger partial charge in [-0.1, -0.05) is 11.6 Å². The predicted molar refractivity (Wildman–Crippen MR) is 106 cm³/mol. The van der Waals surface area contributed by atoms with Gasteiger partial charge in [0.15, 0.2) is 6.61 Å². The summed E-state index contributed by atoms with van der Waals surface area (Å²) in [5, 5.41) is 2.76. The zero-order valence-electron chi connectivity index (χ0n) is 15.4. The van der Waals surface area contributed by atoms with Crippen LogP contribution in [-0.2, 0) is 19.6 Å². The molecule has 0 saturated carbocycles. The smallest absolute Gasteiger partial charge is 0.261 e. The maximum Gasteiger partial charge on any atom is 0.261 e. The molecule has 2 N–H and O–H groups in total. The Hall–Kier alpha value is -2.36. The summed E-state index contributed by atoms with van der Waals surface area (Å²) in [6.07, 6.45) is 1.92. The SMILES string of the molecule is O=C(COc1ccc(S(=O)(=O)Nc2ccc(F)cc2)cc1Cl)NC[C@H]1CCCO1. The van der Waals surface area contributed by atoms with Crippen LogP contribution in [0.5, 0.6) is 5.75 Å². The molecule has 29 heavy (non-hydrogen) atoms. The third-order valence-electron chi connectivity index (χ3n) is 4.22. The Morgan fingerprint density at radius 2 is 2.00 bits per heavy atom. The van der Waals surface area contributed by atoms with E-state index in [1.54, 1.807) is 0 Å². The second kappa shape index (κ2) is 9.43. The van der Waals surface area contributed by atoms with E-state index in [4.69, 9.17) is 21.1 Å². The van der Waals surface area contributed by atoms with Crippen molar-refractivity contribution in [2.45, 2.75) is 23.8 Å². The third kappa shape index (κ3) is 6.06. The van der Waals surface area contributed by atoms with Crippen molar-refractivity contribution in [2.24, 2.45) is 0 Å². The quantitative estimate of drug-likeness (QED) is 0.655. The summed E-state index contributed by atoms with van der Waals surface area (Å²) in [5.74, 6) is -0.622. The number of nitrogens with one attached hydrogen (secondary N) is 2. The van der Waals surface area contributed by atoms with E-state index >= 15 is 0 Å². The zero-order valence-corrected chi connectivity index (χ0v) is 16.9. The van der Waals surface area contributed by atoms with E-state index in [2.05, 4.69) is 10.0 Å². The Morgan fingerprint density at radius 3 is 2.66 bits per heavy atom. The fourth-order valence-corrected chi connectivity index (χ4v) is 4.11. The molecule has 0 bridgehead atoms. The normalized spacial score (nSPS) is 16.4. The van der Waals surface area contributed by atoms with Crippen molar-refractivity contribution in [3.8, 4) is 5.75 Å². The summed E-state index contributed by atoms with van der Waals surface area (Å²) in [4.78, 5) is 11.8. The van der Waals surface area contributed by atoms with Crippen molar-refractivity contribution in [1.29, 1.82) is 0 Å². The highest BCUT2D eigenvalue weighted by molar-refractivity contribution is 7.92. The monoisotopic (exact) mass is 442 g/mol. The average Bonchev–Trinajstić information content (AvgIpc) is 3.20. The number of hydrogen-bond donors (Lipinski definition) is 2. The van der Waals surface area contributed by atoms with E-state index in [0.29, 0.717) is 13.2 Å². The van der Waals surface area contributed by atoms with Crippen LogP contribution in [0.3, 0.4) is 0 Å². The Labute approximate surface area is 173 Å². The van der Waals surface area contributed by atoms with E-state index in [0.717, 1.165) is 25.0 Å². The maximum atomic E-state index is 13.0. The van der Waals surface area contributed by atoms with Gasteiger partial charge in [0.1, 0.15) is 11.6 Å². The van der Waals surface area contributed by atoms with Gasteiger partial charge in [0.2, 0.25) is 0 Å². The van der Waals surface area contributed by atoms with E-state index in [1.807, 2.05) is 0 Å². The molecule has 0 unspecified atom stereocenters. The minimum Gasteiger partial charge on any atom is -0.482 e. The minimum atomic E-state index is -3.92. The van der Waals surface area contributed by atoms with E-state index in [-0.39, 0.29) is 40.0 Å². The molecule has 7 nitrogen and oxygen atoms in total. The fourth-order valence-electron chi connectivity index (χ4n) is 2.73. The topological polar surface area (TPSA) is 93.7 Å². The van der Waals surface area contributed by atoms with Gasteiger partial charge in [-0.25, -0.2) is 12.8 Å².